The number of aryl methyl sites for hydroxylation is 1. The molecule has 10 nitrogen and oxygen atoms in total. The van der Waals surface area contributed by atoms with E-state index in [1.54, 1.807) is 38.0 Å². The Morgan fingerprint density at radius 2 is 1.79 bits per heavy atom. The third kappa shape index (κ3) is 4.59. The first-order valence-electron chi connectivity index (χ1n) is 8.39. The van der Waals surface area contributed by atoms with Crippen LogP contribution in [0.1, 0.15) is 5.01 Å². The fourth-order valence-corrected chi connectivity index (χ4v) is 3.85. The lowest BCUT2D eigenvalue weighted by Gasteiger charge is -2.13. The number of carbonyl (C=O) groups is 1. The van der Waals surface area contributed by atoms with E-state index in [1.165, 1.54) is 23.1 Å². The molecule has 2 heterocycles. The van der Waals surface area contributed by atoms with Crippen LogP contribution in [0.25, 0.3) is 11.4 Å². The fourth-order valence-electron chi connectivity index (χ4n) is 2.53. The molecule has 3 aromatic rings. The van der Waals surface area contributed by atoms with Crippen molar-refractivity contribution in [2.45, 2.75) is 12.1 Å². The van der Waals surface area contributed by atoms with Gasteiger partial charge in [0.2, 0.25) is 16.8 Å². The van der Waals surface area contributed by atoms with Crippen molar-refractivity contribution in [1.29, 1.82) is 0 Å². The van der Waals surface area contributed by atoms with E-state index in [0.717, 1.165) is 10.6 Å². The molecule has 3 rings (SSSR count). The molecule has 0 aliphatic heterocycles. The summed E-state index contributed by atoms with van der Waals surface area (Å²) >= 11 is 2.59. The van der Waals surface area contributed by atoms with Crippen molar-refractivity contribution in [1.82, 2.24) is 25.0 Å². The minimum atomic E-state index is -0.191. The summed E-state index contributed by atoms with van der Waals surface area (Å²) in [6.45, 7) is 1.83. The van der Waals surface area contributed by atoms with E-state index in [9.17, 15) is 4.79 Å². The standard InChI is InChI=1S/C17H20N6O4S2/c1-9-19-21-16(29-9)18-13(24)8-28-17-22-20-15(23(17)2)10-6-11(25-3)14(27-5)12(7-10)26-4/h6-7H,8H2,1-5H3,(H,18,21,24). The number of carbonyl (C=O) groups excluding carboxylic acids is 1. The highest BCUT2D eigenvalue weighted by atomic mass is 32.2. The van der Waals surface area contributed by atoms with E-state index < -0.39 is 0 Å². The number of hydrogen-bond donors (Lipinski definition) is 1. The van der Waals surface area contributed by atoms with Crippen LogP contribution in [0.5, 0.6) is 17.2 Å². The highest BCUT2D eigenvalue weighted by Gasteiger charge is 2.19. The number of nitrogens with one attached hydrogen (secondary N) is 1. The zero-order valence-corrected chi connectivity index (χ0v) is 18.2. The van der Waals surface area contributed by atoms with Gasteiger partial charge in [-0.25, -0.2) is 0 Å². The van der Waals surface area contributed by atoms with Gasteiger partial charge in [-0.3, -0.25) is 10.1 Å². The molecule has 29 heavy (non-hydrogen) atoms. The molecule has 12 heteroatoms. The van der Waals surface area contributed by atoms with E-state index in [-0.39, 0.29) is 11.7 Å². The van der Waals surface area contributed by atoms with E-state index in [4.69, 9.17) is 14.2 Å². The van der Waals surface area contributed by atoms with Crippen molar-refractivity contribution < 1.29 is 19.0 Å². The summed E-state index contributed by atoms with van der Waals surface area (Å²) in [4.78, 5) is 12.1. The number of aromatic nitrogens is 5. The molecule has 0 atom stereocenters. The first-order chi connectivity index (χ1) is 14.0. The summed E-state index contributed by atoms with van der Waals surface area (Å²) < 4.78 is 17.9. The number of thioether (sulfide) groups is 1. The van der Waals surface area contributed by atoms with Crippen molar-refractivity contribution in [3.8, 4) is 28.6 Å². The predicted molar refractivity (Wildman–Crippen MR) is 110 cm³/mol. The topological polar surface area (TPSA) is 113 Å². The molecule has 1 aromatic carbocycles. The number of benzene rings is 1. The molecule has 1 amide bonds. The second kappa shape index (κ2) is 9.09. The van der Waals surface area contributed by atoms with E-state index in [2.05, 4.69) is 25.7 Å². The average Bonchev–Trinajstić information content (AvgIpc) is 3.30. The molecule has 0 aliphatic rings. The van der Waals surface area contributed by atoms with Crippen LogP contribution in [-0.4, -0.2) is 58.0 Å². The Morgan fingerprint density at radius 3 is 2.34 bits per heavy atom. The molecule has 0 unspecified atom stereocenters. The van der Waals surface area contributed by atoms with Crippen LogP contribution in [0.2, 0.25) is 0 Å². The third-order valence-electron chi connectivity index (χ3n) is 3.86. The first kappa shape index (κ1) is 20.9. The predicted octanol–water partition coefficient (Wildman–Crippen LogP) is 2.40. The van der Waals surface area contributed by atoms with Crippen molar-refractivity contribution in [3.63, 3.8) is 0 Å². The molecule has 2 aromatic heterocycles. The smallest absolute Gasteiger partial charge is 0.236 e. The number of hydrogen-bond acceptors (Lipinski definition) is 10. The highest BCUT2D eigenvalue weighted by molar-refractivity contribution is 7.99. The maximum absolute atomic E-state index is 12.1. The molecule has 0 saturated heterocycles. The van der Waals surface area contributed by atoms with Gasteiger partial charge in [0.1, 0.15) is 5.01 Å². The van der Waals surface area contributed by atoms with Gasteiger partial charge in [0, 0.05) is 12.6 Å². The third-order valence-corrected chi connectivity index (χ3v) is 5.64. The molecular weight excluding hydrogens is 416 g/mol. The zero-order chi connectivity index (χ0) is 21.0. The number of anilines is 1. The van der Waals surface area contributed by atoms with Gasteiger partial charge < -0.3 is 18.8 Å². The molecule has 1 N–H and O–H groups in total. The fraction of sp³-hybridized carbons (Fsp3) is 0.353. The number of amides is 1. The second-order valence-electron chi connectivity index (χ2n) is 5.74. The maximum Gasteiger partial charge on any atom is 0.236 e. The van der Waals surface area contributed by atoms with Gasteiger partial charge >= 0.3 is 0 Å². The maximum atomic E-state index is 12.1. The molecule has 0 bridgehead atoms. The number of nitrogens with zero attached hydrogens (tertiary/aromatic N) is 5. The van der Waals surface area contributed by atoms with Gasteiger partial charge in [0.15, 0.2) is 22.5 Å². The Labute approximate surface area is 175 Å². The summed E-state index contributed by atoms with van der Waals surface area (Å²) in [5.41, 5.74) is 0.745. The minimum absolute atomic E-state index is 0.167. The lowest BCUT2D eigenvalue weighted by atomic mass is 10.1. The quantitative estimate of drug-likeness (QED) is 0.532. The van der Waals surface area contributed by atoms with Crippen molar-refractivity contribution in [2.24, 2.45) is 7.05 Å². The molecule has 0 fully saturated rings. The molecule has 0 aliphatic carbocycles. The monoisotopic (exact) mass is 436 g/mol. The van der Waals surface area contributed by atoms with Gasteiger partial charge in [-0.1, -0.05) is 23.1 Å². The van der Waals surface area contributed by atoms with E-state index >= 15 is 0 Å². The Bertz CT molecular complexity index is 994. The first-order valence-corrected chi connectivity index (χ1v) is 10.2. The summed E-state index contributed by atoms with van der Waals surface area (Å²) in [6.07, 6.45) is 0. The van der Waals surface area contributed by atoms with Crippen LogP contribution >= 0.6 is 23.1 Å². The van der Waals surface area contributed by atoms with Gasteiger partial charge in [-0.15, -0.1) is 20.4 Å². The summed E-state index contributed by atoms with van der Waals surface area (Å²) in [7, 11) is 6.48. The van der Waals surface area contributed by atoms with Crippen LogP contribution in [-0.2, 0) is 11.8 Å². The van der Waals surface area contributed by atoms with E-state index in [0.29, 0.717) is 33.4 Å². The lowest BCUT2D eigenvalue weighted by molar-refractivity contribution is -0.113. The summed E-state index contributed by atoms with van der Waals surface area (Å²) in [6, 6.07) is 3.59. The Morgan fingerprint density at radius 1 is 1.10 bits per heavy atom. The zero-order valence-electron chi connectivity index (χ0n) is 16.5. The SMILES string of the molecule is COc1cc(-c2nnc(SCC(=O)Nc3nnc(C)s3)n2C)cc(OC)c1OC. The normalized spacial score (nSPS) is 10.7. The van der Waals surface area contributed by atoms with Crippen molar-refractivity contribution >= 4 is 34.1 Å². The second-order valence-corrected chi connectivity index (χ2v) is 7.87. The number of ether oxygens (including phenoxy) is 3. The summed E-state index contributed by atoms with van der Waals surface area (Å²) in [5, 5.41) is 20.8. The van der Waals surface area contributed by atoms with Crippen molar-refractivity contribution in [2.75, 3.05) is 32.4 Å². The highest BCUT2D eigenvalue weighted by Crippen LogP contribution is 2.41. The molecule has 0 radical (unpaired) electrons. The van der Waals surface area contributed by atoms with Crippen LogP contribution in [0.15, 0.2) is 17.3 Å². The molecular formula is C17H20N6O4S2. The van der Waals surface area contributed by atoms with Gasteiger partial charge in [0.05, 0.1) is 27.1 Å². The van der Waals surface area contributed by atoms with Crippen LogP contribution < -0.4 is 19.5 Å². The lowest BCUT2D eigenvalue weighted by Crippen LogP contribution is -2.14. The summed E-state index contributed by atoms with van der Waals surface area (Å²) in [5.74, 6) is 2.12. The van der Waals surface area contributed by atoms with Crippen LogP contribution in [0.4, 0.5) is 5.13 Å². The van der Waals surface area contributed by atoms with Crippen LogP contribution in [0, 0.1) is 6.92 Å². The molecule has 154 valence electrons. The van der Waals surface area contributed by atoms with Crippen molar-refractivity contribution in [3.05, 3.63) is 17.1 Å². The van der Waals surface area contributed by atoms with Gasteiger partial charge in [-0.05, 0) is 19.1 Å². The minimum Gasteiger partial charge on any atom is -0.493 e. The Balaban J connectivity index is 1.76. The van der Waals surface area contributed by atoms with Gasteiger partial charge in [-0.2, -0.15) is 0 Å². The van der Waals surface area contributed by atoms with Crippen LogP contribution in [0.3, 0.4) is 0 Å². The van der Waals surface area contributed by atoms with E-state index in [1.807, 2.05) is 14.0 Å². The number of methoxy groups -OCH3 is 3. The number of rotatable bonds is 8. The Hall–Kier alpha value is -2.86. The van der Waals surface area contributed by atoms with Gasteiger partial charge in [0.25, 0.3) is 0 Å². The largest absolute Gasteiger partial charge is 0.493 e. The average molecular weight is 437 g/mol. The Kier molecular flexibility index (Phi) is 6.54. The molecule has 0 spiro atoms. The molecule has 0 saturated carbocycles.